The maximum Gasteiger partial charge on any atom is 0.471 e. The van der Waals surface area contributed by atoms with Crippen LogP contribution < -0.4 is 16.6 Å². The number of alkyl halides is 3. The number of amides is 1. The maximum atomic E-state index is 12.4. The van der Waals surface area contributed by atoms with Gasteiger partial charge < -0.3 is 24.4 Å². The smallest absolute Gasteiger partial charge is 0.381 e. The third kappa shape index (κ3) is 5.37. The van der Waals surface area contributed by atoms with Crippen LogP contribution in [0.2, 0.25) is 0 Å². The third-order valence-electron chi connectivity index (χ3n) is 4.73. The fourth-order valence-electron chi connectivity index (χ4n) is 3.46. The molecule has 2 aliphatic heterocycles. The van der Waals surface area contributed by atoms with Crippen LogP contribution >= 0.6 is 7.60 Å². The fraction of sp³-hybridized carbons (Fsp3) is 0.588. The van der Waals surface area contributed by atoms with Gasteiger partial charge >= 0.3 is 25.4 Å². The van der Waals surface area contributed by atoms with Gasteiger partial charge in [-0.15, -0.1) is 0 Å². The molecule has 0 radical (unpaired) electrons. The van der Waals surface area contributed by atoms with Crippen molar-refractivity contribution in [1.29, 1.82) is 0 Å². The molecular formula is C17H19F3N3O9P. The van der Waals surface area contributed by atoms with Gasteiger partial charge in [-0.05, 0) is 0 Å². The normalized spacial score (nSPS) is 28.1. The summed E-state index contributed by atoms with van der Waals surface area (Å²) in [7, 11) is -2.64. The number of carbonyl (C=O) groups is 1. The maximum absolute atomic E-state index is 12.4. The molecule has 12 nitrogen and oxygen atoms in total. The molecule has 3 heterocycles. The Morgan fingerprint density at radius 3 is 2.79 bits per heavy atom. The summed E-state index contributed by atoms with van der Waals surface area (Å²) < 4.78 is 71.2. The number of hydrogen-bond acceptors (Lipinski definition) is 8. The van der Waals surface area contributed by atoms with Crippen molar-refractivity contribution in [2.75, 3.05) is 33.5 Å². The lowest BCUT2D eigenvalue weighted by Crippen LogP contribution is -2.46. The van der Waals surface area contributed by atoms with E-state index in [4.69, 9.17) is 18.7 Å². The zero-order chi connectivity index (χ0) is 24.6. The van der Waals surface area contributed by atoms with E-state index >= 15 is 0 Å². The van der Waals surface area contributed by atoms with Crippen molar-refractivity contribution in [1.82, 2.24) is 14.9 Å². The van der Waals surface area contributed by atoms with E-state index in [9.17, 15) is 37.0 Å². The molecule has 2 fully saturated rings. The van der Waals surface area contributed by atoms with Gasteiger partial charge in [-0.3, -0.25) is 28.2 Å². The minimum Gasteiger partial charge on any atom is -0.381 e. The van der Waals surface area contributed by atoms with E-state index in [1.165, 1.54) is 12.4 Å². The molecule has 1 aromatic rings. The Kier molecular flexibility index (Phi) is 6.90. The number of fused-ring (bicyclic) bond motifs is 2. The van der Waals surface area contributed by atoms with Crippen molar-refractivity contribution in [2.45, 2.75) is 30.2 Å². The molecular weight excluding hydrogens is 478 g/mol. The number of nitrogens with one attached hydrogen (secondary N) is 2. The predicted octanol–water partition coefficient (Wildman–Crippen LogP) is -0.920. The lowest BCUT2D eigenvalue weighted by Gasteiger charge is -2.31. The first-order valence-corrected chi connectivity index (χ1v) is 11.3. The van der Waals surface area contributed by atoms with E-state index in [2.05, 4.69) is 11.8 Å². The van der Waals surface area contributed by atoms with Crippen LogP contribution in [-0.2, 0) is 28.1 Å². The van der Waals surface area contributed by atoms with E-state index in [1.807, 2.05) is 4.98 Å². The molecule has 1 aromatic heterocycles. The van der Waals surface area contributed by atoms with Crippen LogP contribution in [0.25, 0.3) is 0 Å². The van der Waals surface area contributed by atoms with Crippen LogP contribution in [0.4, 0.5) is 13.2 Å². The Morgan fingerprint density at radius 2 is 2.18 bits per heavy atom. The van der Waals surface area contributed by atoms with Gasteiger partial charge in [0.15, 0.2) is 6.23 Å². The second kappa shape index (κ2) is 9.05. The molecule has 0 saturated carbocycles. The molecule has 2 unspecified atom stereocenters. The number of ether oxygens (including phenoxy) is 3. The van der Waals surface area contributed by atoms with Crippen molar-refractivity contribution in [3.05, 3.63) is 32.6 Å². The third-order valence-corrected chi connectivity index (χ3v) is 5.35. The van der Waals surface area contributed by atoms with E-state index in [0.717, 1.165) is 17.4 Å². The Morgan fingerprint density at radius 1 is 1.48 bits per heavy atom. The molecule has 0 spiro atoms. The first-order valence-electron chi connectivity index (χ1n) is 9.24. The molecule has 182 valence electrons. The molecule has 2 bridgehead atoms. The Bertz CT molecular complexity index is 1150. The summed E-state index contributed by atoms with van der Waals surface area (Å²) >= 11 is 0. The van der Waals surface area contributed by atoms with Crippen molar-refractivity contribution >= 4 is 13.5 Å². The number of rotatable bonds is 6. The van der Waals surface area contributed by atoms with Gasteiger partial charge in [-0.25, -0.2) is 4.79 Å². The average Bonchev–Trinajstić information content (AvgIpc) is 3.15. The SMILES string of the molecule is COC[C@]12COC([C@H](n3cc(C#CCNC(=O)C(F)(F)F)c(=O)[nH]c3=O)O1)[C@@H]2OP(C)(=O)O. The molecule has 1 amide bonds. The second-order valence-electron chi connectivity index (χ2n) is 7.30. The second-order valence-corrected chi connectivity index (χ2v) is 9.12. The first-order chi connectivity index (χ1) is 15.3. The van der Waals surface area contributed by atoms with Crippen molar-refractivity contribution in [3.8, 4) is 11.8 Å². The van der Waals surface area contributed by atoms with Crippen LogP contribution in [0.1, 0.15) is 11.8 Å². The van der Waals surface area contributed by atoms with Gasteiger partial charge in [0, 0.05) is 20.0 Å². The standard InChI is InChI=1S/C17H19F3N3O9P/c1-29-7-16-8-30-10(11(16)32-33(2,27)28)13(31-16)23-6-9(12(24)22-15(23)26)4-3-5-21-14(25)17(18,19)20/h6,10-11,13H,5,7-8H2,1-2H3,(H,21,25)(H,27,28)(H,22,24,26)/t10?,11-,13+,16+/m0/s1. The molecule has 16 heteroatoms. The van der Waals surface area contributed by atoms with Gasteiger partial charge in [0.05, 0.1) is 19.8 Å². The highest BCUT2D eigenvalue weighted by Crippen LogP contribution is 2.52. The molecule has 5 atom stereocenters. The summed E-state index contributed by atoms with van der Waals surface area (Å²) in [5.74, 6) is 2.25. The monoisotopic (exact) mass is 497 g/mol. The van der Waals surface area contributed by atoms with Gasteiger partial charge in [0.25, 0.3) is 5.56 Å². The molecule has 33 heavy (non-hydrogen) atoms. The summed E-state index contributed by atoms with van der Waals surface area (Å²) in [4.78, 5) is 46.9. The molecule has 0 aromatic carbocycles. The summed E-state index contributed by atoms with van der Waals surface area (Å²) in [5.41, 5.74) is -3.49. The molecule has 3 rings (SSSR count). The van der Waals surface area contributed by atoms with E-state index in [1.54, 1.807) is 0 Å². The number of nitrogens with zero attached hydrogens (tertiary/aromatic N) is 1. The highest BCUT2D eigenvalue weighted by atomic mass is 31.2. The van der Waals surface area contributed by atoms with E-state index in [0.29, 0.717) is 0 Å². The average molecular weight is 497 g/mol. The quantitative estimate of drug-likeness (QED) is 0.334. The van der Waals surface area contributed by atoms with Crippen LogP contribution in [-0.4, -0.2) is 77.9 Å². The molecule has 2 aliphatic rings. The minimum absolute atomic E-state index is 0.0592. The first kappa shape index (κ1) is 25.2. The molecule has 2 saturated heterocycles. The number of H-pyrrole nitrogens is 1. The fourth-order valence-corrected chi connectivity index (χ4v) is 4.19. The number of halogens is 3. The van der Waals surface area contributed by atoms with Gasteiger partial charge in [0.2, 0.25) is 0 Å². The Balaban J connectivity index is 1.88. The highest BCUT2D eigenvalue weighted by Gasteiger charge is 2.64. The van der Waals surface area contributed by atoms with Gasteiger partial charge in [-0.1, -0.05) is 11.8 Å². The van der Waals surface area contributed by atoms with Crippen LogP contribution in [0, 0.1) is 11.8 Å². The number of carbonyl (C=O) groups excluding carboxylic acids is 1. The topological polar surface area (TPSA) is 158 Å². The largest absolute Gasteiger partial charge is 0.471 e. The van der Waals surface area contributed by atoms with Gasteiger partial charge in [-0.2, -0.15) is 13.2 Å². The van der Waals surface area contributed by atoms with E-state index in [-0.39, 0.29) is 18.8 Å². The minimum atomic E-state index is -5.08. The summed E-state index contributed by atoms with van der Waals surface area (Å²) in [5, 5.41) is 1.52. The van der Waals surface area contributed by atoms with Crippen molar-refractivity contribution in [3.63, 3.8) is 0 Å². The summed E-state index contributed by atoms with van der Waals surface area (Å²) in [6, 6.07) is 0. The van der Waals surface area contributed by atoms with Crippen LogP contribution in [0.15, 0.2) is 15.8 Å². The van der Waals surface area contributed by atoms with Crippen molar-refractivity contribution < 1.29 is 46.2 Å². The Labute approximate surface area is 183 Å². The van der Waals surface area contributed by atoms with E-state index < -0.39 is 61.5 Å². The lowest BCUT2D eigenvalue weighted by molar-refractivity contribution is -0.190. The Hall–Kier alpha value is -2.47. The van der Waals surface area contributed by atoms with Crippen molar-refractivity contribution in [2.24, 2.45) is 0 Å². The predicted molar refractivity (Wildman–Crippen MR) is 102 cm³/mol. The summed E-state index contributed by atoms with van der Waals surface area (Å²) in [6.07, 6.45) is -7.42. The summed E-state index contributed by atoms with van der Waals surface area (Å²) in [6.45, 7) is 0.0973. The zero-order valence-electron chi connectivity index (χ0n) is 17.2. The zero-order valence-corrected chi connectivity index (χ0v) is 18.1. The van der Waals surface area contributed by atoms with Gasteiger partial charge in [0.1, 0.15) is 23.4 Å². The number of methoxy groups -OCH3 is 1. The molecule has 0 aliphatic carbocycles. The number of hydrogen-bond donors (Lipinski definition) is 3. The lowest BCUT2D eigenvalue weighted by atomic mass is 10.0. The number of aromatic nitrogens is 2. The number of aromatic amines is 1. The molecule has 3 N–H and O–H groups in total. The van der Waals surface area contributed by atoms with Crippen LogP contribution in [0.5, 0.6) is 0 Å². The highest BCUT2D eigenvalue weighted by molar-refractivity contribution is 7.51. The van der Waals surface area contributed by atoms with Crippen LogP contribution in [0.3, 0.4) is 0 Å².